The zero-order chi connectivity index (χ0) is 12.2. The standard InChI is InChI=1S/C15H29N/c1-6-16-15(5)11-9-7-8-10-12(2)13(3)14(15)4/h6,12-14H,7-11H2,1-5H3/b16-6-/t12-,13?,14?,15?/m1/s1. The molecule has 0 saturated heterocycles. The van der Waals surface area contributed by atoms with Gasteiger partial charge >= 0.3 is 0 Å². The van der Waals surface area contributed by atoms with Gasteiger partial charge in [0.15, 0.2) is 0 Å². The smallest absolute Gasteiger partial charge is 0.0604 e. The summed E-state index contributed by atoms with van der Waals surface area (Å²) in [6.45, 7) is 11.6. The largest absolute Gasteiger partial charge is 0.291 e. The second-order valence-electron chi connectivity index (χ2n) is 5.97. The lowest BCUT2D eigenvalue weighted by molar-refractivity contribution is 0.177. The van der Waals surface area contributed by atoms with Gasteiger partial charge in [-0.2, -0.15) is 0 Å². The number of nitrogens with zero attached hydrogens (tertiary/aromatic N) is 1. The van der Waals surface area contributed by atoms with E-state index in [2.05, 4.69) is 34.6 Å². The third-order valence-corrected chi connectivity index (χ3v) is 4.93. The lowest BCUT2D eigenvalue weighted by atomic mass is 9.72. The van der Waals surface area contributed by atoms with Crippen LogP contribution >= 0.6 is 0 Å². The summed E-state index contributed by atoms with van der Waals surface area (Å²) >= 11 is 0. The molecular weight excluding hydrogens is 194 g/mol. The van der Waals surface area contributed by atoms with Gasteiger partial charge in [0.2, 0.25) is 0 Å². The van der Waals surface area contributed by atoms with Crippen molar-refractivity contribution in [1.82, 2.24) is 0 Å². The highest BCUT2D eigenvalue weighted by Crippen LogP contribution is 2.39. The minimum atomic E-state index is 0.173. The van der Waals surface area contributed by atoms with E-state index in [9.17, 15) is 0 Å². The first-order valence-electron chi connectivity index (χ1n) is 7.01. The second-order valence-corrected chi connectivity index (χ2v) is 5.97. The average molecular weight is 223 g/mol. The maximum Gasteiger partial charge on any atom is 0.0604 e. The van der Waals surface area contributed by atoms with Gasteiger partial charge in [-0.05, 0) is 44.2 Å². The van der Waals surface area contributed by atoms with E-state index >= 15 is 0 Å². The molecule has 0 radical (unpaired) electrons. The number of rotatable bonds is 1. The van der Waals surface area contributed by atoms with Crippen LogP contribution < -0.4 is 0 Å². The Balaban J connectivity index is 2.87. The molecule has 1 rings (SSSR count). The fourth-order valence-corrected chi connectivity index (χ4v) is 3.15. The Hall–Kier alpha value is -0.330. The molecule has 0 N–H and O–H groups in total. The zero-order valence-electron chi connectivity index (χ0n) is 11.8. The molecule has 0 spiro atoms. The van der Waals surface area contributed by atoms with Gasteiger partial charge in [0.05, 0.1) is 5.54 Å². The van der Waals surface area contributed by atoms with E-state index in [4.69, 9.17) is 4.99 Å². The lowest BCUT2D eigenvalue weighted by Crippen LogP contribution is -2.36. The highest BCUT2D eigenvalue weighted by atomic mass is 14.9. The quantitative estimate of drug-likeness (QED) is 0.571. The molecule has 16 heavy (non-hydrogen) atoms. The summed E-state index contributed by atoms with van der Waals surface area (Å²) in [5, 5.41) is 0. The Morgan fingerprint density at radius 1 is 1.12 bits per heavy atom. The summed E-state index contributed by atoms with van der Waals surface area (Å²) in [6, 6.07) is 0. The molecule has 1 saturated carbocycles. The summed E-state index contributed by atoms with van der Waals surface area (Å²) in [5.74, 6) is 2.32. The van der Waals surface area contributed by atoms with Crippen molar-refractivity contribution in [1.29, 1.82) is 0 Å². The van der Waals surface area contributed by atoms with Crippen LogP contribution in [0.1, 0.15) is 66.7 Å². The first-order valence-corrected chi connectivity index (χ1v) is 7.01. The third kappa shape index (κ3) is 3.09. The third-order valence-electron chi connectivity index (χ3n) is 4.93. The Morgan fingerprint density at radius 2 is 1.81 bits per heavy atom. The van der Waals surface area contributed by atoms with E-state index in [1.54, 1.807) is 0 Å². The van der Waals surface area contributed by atoms with E-state index < -0.39 is 0 Å². The van der Waals surface area contributed by atoms with Crippen LogP contribution in [0.5, 0.6) is 0 Å². The molecule has 0 amide bonds. The minimum absolute atomic E-state index is 0.173. The van der Waals surface area contributed by atoms with Crippen LogP contribution in [-0.2, 0) is 0 Å². The summed E-state index contributed by atoms with van der Waals surface area (Å²) in [7, 11) is 0. The van der Waals surface area contributed by atoms with Gasteiger partial charge in [-0.25, -0.2) is 0 Å². The fourth-order valence-electron chi connectivity index (χ4n) is 3.15. The van der Waals surface area contributed by atoms with Crippen LogP contribution in [0, 0.1) is 17.8 Å². The second kappa shape index (κ2) is 5.84. The highest BCUT2D eigenvalue weighted by molar-refractivity contribution is 5.54. The van der Waals surface area contributed by atoms with Crippen molar-refractivity contribution in [3.8, 4) is 0 Å². The summed E-state index contributed by atoms with van der Waals surface area (Å²) in [5.41, 5.74) is 0.173. The molecule has 1 fully saturated rings. The molecule has 0 aliphatic heterocycles. The van der Waals surface area contributed by atoms with Crippen LogP contribution in [0.3, 0.4) is 0 Å². The van der Waals surface area contributed by atoms with Gasteiger partial charge in [-0.3, -0.25) is 4.99 Å². The molecule has 0 aromatic carbocycles. The van der Waals surface area contributed by atoms with E-state index in [0.717, 1.165) is 11.8 Å². The van der Waals surface area contributed by atoms with Gasteiger partial charge in [0.25, 0.3) is 0 Å². The highest BCUT2D eigenvalue weighted by Gasteiger charge is 2.35. The van der Waals surface area contributed by atoms with Gasteiger partial charge in [0, 0.05) is 0 Å². The Kier molecular flexibility index (Phi) is 5.01. The van der Waals surface area contributed by atoms with Gasteiger partial charge in [-0.15, -0.1) is 0 Å². The fraction of sp³-hybridized carbons (Fsp3) is 0.933. The molecule has 0 aromatic heterocycles. The summed E-state index contributed by atoms with van der Waals surface area (Å²) in [4.78, 5) is 4.80. The van der Waals surface area contributed by atoms with Gasteiger partial charge < -0.3 is 0 Å². The van der Waals surface area contributed by atoms with Crippen LogP contribution in [-0.4, -0.2) is 11.8 Å². The Morgan fingerprint density at radius 3 is 2.44 bits per heavy atom. The molecule has 0 heterocycles. The van der Waals surface area contributed by atoms with Crippen molar-refractivity contribution in [3.63, 3.8) is 0 Å². The van der Waals surface area contributed by atoms with Crippen LogP contribution in [0.25, 0.3) is 0 Å². The van der Waals surface area contributed by atoms with Crippen LogP contribution in [0.4, 0.5) is 0 Å². The molecule has 0 aromatic rings. The van der Waals surface area contributed by atoms with Crippen molar-refractivity contribution in [2.45, 2.75) is 72.3 Å². The Labute approximate surface area is 102 Å². The number of aliphatic imine (C=N–C) groups is 1. The topological polar surface area (TPSA) is 12.4 Å². The first kappa shape index (κ1) is 13.7. The normalized spacial score (nSPS) is 42.7. The number of hydrogen-bond acceptors (Lipinski definition) is 1. The molecule has 0 bridgehead atoms. The molecule has 1 aliphatic carbocycles. The van der Waals surface area contributed by atoms with Crippen molar-refractivity contribution < 1.29 is 0 Å². The van der Waals surface area contributed by atoms with Crippen molar-refractivity contribution in [2.75, 3.05) is 0 Å². The maximum absolute atomic E-state index is 4.80. The van der Waals surface area contributed by atoms with Crippen LogP contribution in [0.2, 0.25) is 0 Å². The molecule has 3 unspecified atom stereocenters. The monoisotopic (exact) mass is 223 g/mol. The van der Waals surface area contributed by atoms with Crippen molar-refractivity contribution in [3.05, 3.63) is 0 Å². The Bertz CT molecular complexity index is 234. The molecular formula is C15H29N. The molecule has 1 aliphatic rings. The van der Waals surface area contributed by atoms with Crippen molar-refractivity contribution >= 4 is 6.21 Å². The van der Waals surface area contributed by atoms with E-state index in [-0.39, 0.29) is 5.54 Å². The predicted octanol–water partition coefficient (Wildman–Crippen LogP) is 4.71. The molecule has 1 heteroatoms. The predicted molar refractivity (Wildman–Crippen MR) is 73.1 cm³/mol. The van der Waals surface area contributed by atoms with Gasteiger partial charge in [-0.1, -0.05) is 46.5 Å². The maximum atomic E-state index is 4.80. The lowest BCUT2D eigenvalue weighted by Gasteiger charge is -2.37. The van der Waals surface area contributed by atoms with E-state index in [1.807, 2.05) is 6.21 Å². The average Bonchev–Trinajstić information content (AvgIpc) is 2.29. The molecule has 1 nitrogen and oxygen atoms in total. The minimum Gasteiger partial charge on any atom is -0.291 e. The van der Waals surface area contributed by atoms with Crippen LogP contribution in [0.15, 0.2) is 4.99 Å². The van der Waals surface area contributed by atoms with E-state index in [1.165, 1.54) is 32.1 Å². The van der Waals surface area contributed by atoms with Gasteiger partial charge in [0.1, 0.15) is 0 Å². The summed E-state index contributed by atoms with van der Waals surface area (Å²) in [6.07, 6.45) is 8.80. The number of hydrogen-bond donors (Lipinski definition) is 0. The summed E-state index contributed by atoms with van der Waals surface area (Å²) < 4.78 is 0. The van der Waals surface area contributed by atoms with E-state index in [0.29, 0.717) is 5.92 Å². The SMILES string of the molecule is C/C=N\C1(C)CCCCC[C@@H](C)C(C)C1C. The van der Waals surface area contributed by atoms with Crippen molar-refractivity contribution in [2.24, 2.45) is 22.7 Å². The molecule has 94 valence electrons. The zero-order valence-corrected chi connectivity index (χ0v) is 11.8. The molecule has 4 atom stereocenters. The first-order chi connectivity index (χ1) is 7.51.